The van der Waals surface area contributed by atoms with E-state index in [2.05, 4.69) is 29.3 Å². The Kier molecular flexibility index (Phi) is 3.84. The van der Waals surface area contributed by atoms with Crippen molar-refractivity contribution in [2.75, 3.05) is 0 Å². The highest BCUT2D eigenvalue weighted by molar-refractivity contribution is 5.76. The van der Waals surface area contributed by atoms with Gasteiger partial charge < -0.3 is 0 Å². The van der Waals surface area contributed by atoms with Crippen LogP contribution < -0.4 is 11.2 Å². The van der Waals surface area contributed by atoms with Crippen molar-refractivity contribution in [2.24, 2.45) is 7.05 Å². The van der Waals surface area contributed by atoms with Crippen LogP contribution in [0.25, 0.3) is 17.0 Å². The van der Waals surface area contributed by atoms with E-state index in [9.17, 15) is 9.59 Å². The molecule has 1 aliphatic rings. The molecular weight excluding hydrogens is 314 g/mol. The van der Waals surface area contributed by atoms with Gasteiger partial charge in [0.1, 0.15) is 0 Å². The maximum atomic E-state index is 12.6. The second kappa shape index (κ2) is 6.16. The highest BCUT2D eigenvalue weighted by Crippen LogP contribution is 2.27. The van der Waals surface area contributed by atoms with E-state index in [1.54, 1.807) is 19.3 Å². The summed E-state index contributed by atoms with van der Waals surface area (Å²) in [7, 11) is 1.69. The Hall–Kier alpha value is -2.95. The van der Waals surface area contributed by atoms with Crippen LogP contribution in [0.5, 0.6) is 0 Å². The van der Waals surface area contributed by atoms with Crippen LogP contribution in [-0.4, -0.2) is 14.1 Å². The molecule has 0 unspecified atom stereocenters. The first-order chi connectivity index (χ1) is 12.1. The van der Waals surface area contributed by atoms with E-state index in [0.29, 0.717) is 17.4 Å². The molecule has 0 radical (unpaired) electrons. The Morgan fingerprint density at radius 3 is 2.84 bits per heavy atom. The van der Waals surface area contributed by atoms with Crippen molar-refractivity contribution in [2.45, 2.75) is 25.8 Å². The number of fused-ring (bicyclic) bond motifs is 2. The van der Waals surface area contributed by atoms with Gasteiger partial charge in [0.25, 0.3) is 5.56 Å². The molecule has 0 saturated carbocycles. The molecule has 126 valence electrons. The maximum Gasteiger partial charge on any atom is 0.331 e. The van der Waals surface area contributed by atoms with Gasteiger partial charge in [-0.05, 0) is 36.5 Å². The Morgan fingerprint density at radius 1 is 1.16 bits per heavy atom. The van der Waals surface area contributed by atoms with Crippen LogP contribution in [-0.2, 0) is 20.0 Å². The molecule has 4 rings (SSSR count). The molecule has 25 heavy (non-hydrogen) atoms. The average molecular weight is 333 g/mol. The lowest BCUT2D eigenvalue weighted by atomic mass is 10.1. The van der Waals surface area contributed by atoms with Crippen molar-refractivity contribution >= 4 is 17.0 Å². The molecule has 0 N–H and O–H groups in total. The molecule has 0 bridgehead atoms. The van der Waals surface area contributed by atoms with E-state index in [1.165, 1.54) is 32.0 Å². The zero-order chi connectivity index (χ0) is 17.4. The standard InChI is InChI=1S/C20H19N3O2/c1-22-18-8-9-21-13-17(18)19(24)23(20(22)25)10-4-5-14-11-15-6-2-3-7-16(15)12-14/h2-3,6-9,11,13H,4-5,10,12H2,1H3. The summed E-state index contributed by atoms with van der Waals surface area (Å²) in [4.78, 5) is 29.1. The number of rotatable bonds is 4. The van der Waals surface area contributed by atoms with Gasteiger partial charge in [0.05, 0.1) is 10.9 Å². The number of hydrogen-bond donors (Lipinski definition) is 0. The van der Waals surface area contributed by atoms with Gasteiger partial charge in [-0.15, -0.1) is 0 Å². The van der Waals surface area contributed by atoms with Crippen molar-refractivity contribution in [1.29, 1.82) is 0 Å². The van der Waals surface area contributed by atoms with Crippen LogP contribution in [0, 0.1) is 0 Å². The summed E-state index contributed by atoms with van der Waals surface area (Å²) in [5.74, 6) is 0. The quantitative estimate of drug-likeness (QED) is 0.737. The molecule has 0 atom stereocenters. The third-order valence-corrected chi connectivity index (χ3v) is 4.86. The van der Waals surface area contributed by atoms with Crippen molar-refractivity contribution in [3.8, 4) is 0 Å². The van der Waals surface area contributed by atoms with Gasteiger partial charge in [0.2, 0.25) is 0 Å². The first-order valence-corrected chi connectivity index (χ1v) is 8.46. The SMILES string of the molecule is Cn1c(=O)n(CCCC2=Cc3ccccc3C2)c(=O)c2cnccc21. The summed E-state index contributed by atoms with van der Waals surface area (Å²) in [5, 5.41) is 0.483. The Balaban J connectivity index is 1.55. The molecule has 0 spiro atoms. The van der Waals surface area contributed by atoms with Crippen LogP contribution in [0.2, 0.25) is 0 Å². The van der Waals surface area contributed by atoms with Gasteiger partial charge in [-0.3, -0.25) is 18.9 Å². The number of hydrogen-bond acceptors (Lipinski definition) is 3. The number of allylic oxidation sites excluding steroid dienone is 1. The zero-order valence-corrected chi connectivity index (χ0v) is 14.1. The lowest BCUT2D eigenvalue weighted by Gasteiger charge is -2.10. The van der Waals surface area contributed by atoms with Crippen molar-refractivity contribution in [1.82, 2.24) is 14.1 Å². The minimum absolute atomic E-state index is 0.255. The number of nitrogens with zero attached hydrogens (tertiary/aromatic N) is 3. The van der Waals surface area contributed by atoms with Gasteiger partial charge in [-0.2, -0.15) is 0 Å². The molecule has 1 aromatic carbocycles. The Morgan fingerprint density at radius 2 is 2.00 bits per heavy atom. The molecule has 0 fully saturated rings. The molecule has 2 heterocycles. The fourth-order valence-electron chi connectivity index (χ4n) is 3.53. The number of aromatic nitrogens is 3. The zero-order valence-electron chi connectivity index (χ0n) is 14.1. The highest BCUT2D eigenvalue weighted by Gasteiger charge is 2.13. The third-order valence-electron chi connectivity index (χ3n) is 4.86. The molecular formula is C20H19N3O2. The van der Waals surface area contributed by atoms with Crippen molar-refractivity contribution < 1.29 is 0 Å². The number of benzene rings is 1. The number of aryl methyl sites for hydroxylation is 1. The summed E-state index contributed by atoms with van der Waals surface area (Å²) in [6.45, 7) is 0.421. The largest absolute Gasteiger partial charge is 0.331 e. The fourth-order valence-corrected chi connectivity index (χ4v) is 3.53. The average Bonchev–Trinajstić information content (AvgIpc) is 3.05. The van der Waals surface area contributed by atoms with Gasteiger partial charge in [-0.1, -0.05) is 35.9 Å². The van der Waals surface area contributed by atoms with E-state index in [4.69, 9.17) is 0 Å². The molecule has 0 saturated heterocycles. The van der Waals surface area contributed by atoms with Crippen molar-refractivity contribution in [3.05, 3.63) is 80.3 Å². The third kappa shape index (κ3) is 2.71. The fraction of sp³-hybridized carbons (Fsp3) is 0.250. The topological polar surface area (TPSA) is 56.9 Å². The molecule has 2 aromatic heterocycles. The maximum absolute atomic E-state index is 12.6. The minimum Gasteiger partial charge on any atom is -0.296 e. The summed E-state index contributed by atoms with van der Waals surface area (Å²) in [5.41, 5.74) is 4.08. The Bertz CT molecular complexity index is 1110. The van der Waals surface area contributed by atoms with Gasteiger partial charge in [-0.25, -0.2) is 4.79 Å². The summed E-state index contributed by atoms with van der Waals surface area (Å²) < 4.78 is 2.84. The highest BCUT2D eigenvalue weighted by atomic mass is 16.2. The predicted molar refractivity (Wildman–Crippen MR) is 98.6 cm³/mol. The van der Waals surface area contributed by atoms with Crippen LogP contribution in [0.3, 0.4) is 0 Å². The van der Waals surface area contributed by atoms with Crippen molar-refractivity contribution in [3.63, 3.8) is 0 Å². The lowest BCUT2D eigenvalue weighted by Crippen LogP contribution is -2.39. The van der Waals surface area contributed by atoms with E-state index in [-0.39, 0.29) is 11.2 Å². The lowest BCUT2D eigenvalue weighted by molar-refractivity contribution is 0.572. The monoisotopic (exact) mass is 333 g/mol. The van der Waals surface area contributed by atoms with Crippen LogP contribution >= 0.6 is 0 Å². The van der Waals surface area contributed by atoms with E-state index < -0.39 is 0 Å². The Labute approximate surface area is 144 Å². The second-order valence-corrected chi connectivity index (χ2v) is 6.47. The first kappa shape index (κ1) is 15.6. The summed E-state index contributed by atoms with van der Waals surface area (Å²) in [6.07, 6.45) is 7.96. The number of pyridine rings is 1. The molecule has 5 nitrogen and oxygen atoms in total. The smallest absolute Gasteiger partial charge is 0.296 e. The molecule has 1 aliphatic carbocycles. The summed E-state index contributed by atoms with van der Waals surface area (Å²) in [6, 6.07) is 10.1. The first-order valence-electron chi connectivity index (χ1n) is 8.46. The van der Waals surface area contributed by atoms with E-state index in [1.807, 2.05) is 6.07 Å². The predicted octanol–water partition coefficient (Wildman–Crippen LogP) is 2.52. The van der Waals surface area contributed by atoms with Crippen LogP contribution in [0.1, 0.15) is 24.0 Å². The van der Waals surface area contributed by atoms with E-state index >= 15 is 0 Å². The van der Waals surface area contributed by atoms with Gasteiger partial charge >= 0.3 is 5.69 Å². The molecule has 0 aliphatic heterocycles. The van der Waals surface area contributed by atoms with Crippen LogP contribution in [0.4, 0.5) is 0 Å². The van der Waals surface area contributed by atoms with Gasteiger partial charge in [0.15, 0.2) is 0 Å². The van der Waals surface area contributed by atoms with E-state index in [0.717, 1.165) is 19.3 Å². The summed E-state index contributed by atoms with van der Waals surface area (Å²) >= 11 is 0. The molecule has 0 amide bonds. The second-order valence-electron chi connectivity index (χ2n) is 6.47. The molecule has 3 aromatic rings. The molecule has 5 heteroatoms. The van der Waals surface area contributed by atoms with Crippen LogP contribution in [0.15, 0.2) is 57.9 Å². The normalized spacial score (nSPS) is 13.1. The van der Waals surface area contributed by atoms with Gasteiger partial charge in [0, 0.05) is 26.0 Å². The minimum atomic E-state index is -0.271.